The average Bonchev–Trinajstić information content (AvgIpc) is 3.17. The molecule has 1 atom stereocenters. The van der Waals surface area contributed by atoms with Crippen molar-refractivity contribution in [2.45, 2.75) is 51.2 Å². The number of rotatable bonds is 8. The third-order valence-electron chi connectivity index (χ3n) is 6.19. The molecule has 3 N–H and O–H groups in total. The lowest BCUT2D eigenvalue weighted by atomic mass is 9.93. The SMILES string of the molecule is [2H]C1([2H])COc2c(-c3ccc(C(C)C)cc3)cc(NCC3(OC(=C)C(N)=O)CCCCO3)c(C#N)c21. The van der Waals surface area contributed by atoms with Crippen LogP contribution in [0.25, 0.3) is 11.1 Å². The summed E-state index contributed by atoms with van der Waals surface area (Å²) in [4.78, 5) is 11.6. The third-order valence-corrected chi connectivity index (χ3v) is 6.19. The molecule has 1 saturated heterocycles. The topological polar surface area (TPSA) is 107 Å². The molecule has 1 amide bonds. The van der Waals surface area contributed by atoms with Crippen molar-refractivity contribution in [3.05, 3.63) is 59.4 Å². The summed E-state index contributed by atoms with van der Waals surface area (Å²) in [6.45, 7) is 8.20. The molecule has 7 heteroatoms. The Morgan fingerprint density at radius 1 is 1.35 bits per heavy atom. The van der Waals surface area contributed by atoms with Gasteiger partial charge in [-0.05, 0) is 36.0 Å². The Balaban J connectivity index is 1.76. The maximum atomic E-state index is 11.6. The van der Waals surface area contributed by atoms with Crippen molar-refractivity contribution in [2.75, 3.05) is 25.1 Å². The van der Waals surface area contributed by atoms with Gasteiger partial charge in [-0.3, -0.25) is 4.79 Å². The molecule has 2 heterocycles. The number of benzene rings is 2. The standard InChI is InChI=1S/C27H31N3O4/c1-17(2)19-6-8-20(9-7-19)22-14-24(23(15-28)21-10-13-32-25(21)22)30-16-27(11-4-5-12-33-27)34-18(3)26(29)31/h6-9,14,17,30H,3-5,10-13,16H2,1-2H3,(H2,29,31)/i10D2. The molecule has 0 saturated carbocycles. The molecule has 0 aliphatic carbocycles. The van der Waals surface area contributed by atoms with Gasteiger partial charge >= 0.3 is 0 Å². The first-order valence-electron chi connectivity index (χ1n) is 12.5. The second-order valence-corrected chi connectivity index (χ2v) is 8.86. The number of carbonyl (C=O) groups excluding carboxylic acids is 1. The van der Waals surface area contributed by atoms with E-state index < -0.39 is 18.1 Å². The molecular formula is C27H31N3O4. The number of nitrogens with two attached hydrogens (primary N) is 1. The van der Waals surface area contributed by atoms with E-state index in [1.807, 2.05) is 24.3 Å². The fraction of sp³-hybridized carbons (Fsp3) is 0.407. The highest BCUT2D eigenvalue weighted by molar-refractivity contribution is 5.89. The van der Waals surface area contributed by atoms with Crippen LogP contribution in [0.1, 0.15) is 58.5 Å². The number of anilines is 1. The van der Waals surface area contributed by atoms with Crippen LogP contribution in [-0.4, -0.2) is 31.5 Å². The Morgan fingerprint density at radius 3 is 2.74 bits per heavy atom. The van der Waals surface area contributed by atoms with Gasteiger partial charge < -0.3 is 25.3 Å². The van der Waals surface area contributed by atoms with Crippen molar-refractivity contribution in [1.82, 2.24) is 0 Å². The molecule has 0 spiro atoms. The number of ether oxygens (including phenoxy) is 3. The van der Waals surface area contributed by atoms with Crippen LogP contribution in [0.4, 0.5) is 5.69 Å². The second-order valence-electron chi connectivity index (χ2n) is 8.86. The molecule has 7 nitrogen and oxygen atoms in total. The molecule has 1 unspecified atom stereocenters. The lowest BCUT2D eigenvalue weighted by molar-refractivity contribution is -0.226. The van der Waals surface area contributed by atoms with Crippen LogP contribution in [-0.2, 0) is 20.6 Å². The maximum absolute atomic E-state index is 11.6. The van der Waals surface area contributed by atoms with E-state index in [1.165, 1.54) is 5.56 Å². The minimum atomic E-state index is -1.83. The highest BCUT2D eigenvalue weighted by Gasteiger charge is 2.37. The van der Waals surface area contributed by atoms with E-state index >= 15 is 0 Å². The molecule has 178 valence electrons. The monoisotopic (exact) mass is 463 g/mol. The molecule has 0 bridgehead atoms. The van der Waals surface area contributed by atoms with E-state index in [9.17, 15) is 10.1 Å². The Hall–Kier alpha value is -3.50. The van der Waals surface area contributed by atoms with Crippen LogP contribution in [0.15, 0.2) is 42.7 Å². The number of nitrogens with zero attached hydrogens (tertiary/aromatic N) is 1. The summed E-state index contributed by atoms with van der Waals surface area (Å²) >= 11 is 0. The number of amides is 1. The van der Waals surface area contributed by atoms with E-state index in [1.54, 1.807) is 6.07 Å². The van der Waals surface area contributed by atoms with Gasteiger partial charge in [0.2, 0.25) is 5.79 Å². The van der Waals surface area contributed by atoms with Gasteiger partial charge in [0.25, 0.3) is 5.91 Å². The summed E-state index contributed by atoms with van der Waals surface area (Å²) in [5.74, 6) is -1.43. The number of fused-ring (bicyclic) bond motifs is 1. The number of nitriles is 1. The van der Waals surface area contributed by atoms with Crippen molar-refractivity contribution < 1.29 is 21.7 Å². The van der Waals surface area contributed by atoms with Crippen LogP contribution >= 0.6 is 0 Å². The van der Waals surface area contributed by atoms with Gasteiger partial charge in [0.15, 0.2) is 5.76 Å². The van der Waals surface area contributed by atoms with Crippen molar-refractivity contribution in [3.63, 3.8) is 0 Å². The molecule has 2 aromatic rings. The predicted octanol–water partition coefficient (Wildman–Crippen LogP) is 4.61. The number of carbonyl (C=O) groups is 1. The van der Waals surface area contributed by atoms with Gasteiger partial charge in [0, 0.05) is 26.7 Å². The molecule has 0 aromatic heterocycles. The largest absolute Gasteiger partial charge is 0.492 e. The normalized spacial score (nSPS) is 21.5. The maximum Gasteiger partial charge on any atom is 0.283 e. The second kappa shape index (κ2) is 9.78. The number of primary amides is 1. The zero-order valence-electron chi connectivity index (χ0n) is 21.6. The molecule has 4 rings (SSSR count). The third kappa shape index (κ3) is 4.73. The van der Waals surface area contributed by atoms with Crippen molar-refractivity contribution in [1.29, 1.82) is 5.26 Å². The summed E-state index contributed by atoms with van der Waals surface area (Å²) in [7, 11) is 0. The van der Waals surface area contributed by atoms with Gasteiger partial charge in [-0.15, -0.1) is 0 Å². The lowest BCUT2D eigenvalue weighted by Crippen LogP contribution is -2.46. The average molecular weight is 464 g/mol. The summed E-state index contributed by atoms with van der Waals surface area (Å²) in [6.07, 6.45) is 0.324. The molecule has 2 aliphatic rings. The fourth-order valence-electron chi connectivity index (χ4n) is 4.27. The molecule has 2 aliphatic heterocycles. The van der Waals surface area contributed by atoms with Gasteiger partial charge in [0.1, 0.15) is 11.8 Å². The Bertz CT molecular complexity index is 1210. The summed E-state index contributed by atoms with van der Waals surface area (Å²) < 4.78 is 34.5. The van der Waals surface area contributed by atoms with Gasteiger partial charge in [0.05, 0.1) is 31.0 Å². The predicted molar refractivity (Wildman–Crippen MR) is 130 cm³/mol. The molecular weight excluding hydrogens is 430 g/mol. The molecule has 0 radical (unpaired) electrons. The first kappa shape index (κ1) is 21.1. The van der Waals surface area contributed by atoms with Crippen LogP contribution in [0, 0.1) is 11.3 Å². The van der Waals surface area contributed by atoms with Gasteiger partial charge in [-0.25, -0.2) is 0 Å². The highest BCUT2D eigenvalue weighted by atomic mass is 16.7. The van der Waals surface area contributed by atoms with Crippen LogP contribution < -0.4 is 15.8 Å². The Labute approximate surface area is 203 Å². The van der Waals surface area contributed by atoms with Gasteiger partial charge in [-0.1, -0.05) is 44.7 Å². The number of nitrogens with one attached hydrogen (secondary N) is 1. The quantitative estimate of drug-likeness (QED) is 0.437. The van der Waals surface area contributed by atoms with Crippen LogP contribution in [0.2, 0.25) is 0 Å². The minimum Gasteiger partial charge on any atom is -0.492 e. The summed E-state index contributed by atoms with van der Waals surface area (Å²) in [5.41, 5.74) is 8.86. The van der Waals surface area contributed by atoms with E-state index in [0.29, 0.717) is 35.9 Å². The van der Waals surface area contributed by atoms with E-state index in [2.05, 4.69) is 31.8 Å². The lowest BCUT2D eigenvalue weighted by Gasteiger charge is -2.37. The zero-order chi connectivity index (χ0) is 26.1. The molecule has 2 aromatic carbocycles. The van der Waals surface area contributed by atoms with Crippen molar-refractivity contribution in [3.8, 4) is 22.9 Å². The number of hydrogen-bond acceptors (Lipinski definition) is 6. The summed E-state index contributed by atoms with van der Waals surface area (Å²) in [5, 5.41) is 13.3. The fourth-order valence-corrected chi connectivity index (χ4v) is 4.27. The van der Waals surface area contributed by atoms with E-state index in [-0.39, 0.29) is 30.0 Å². The number of hydrogen-bond donors (Lipinski definition) is 2. The van der Waals surface area contributed by atoms with Crippen LogP contribution in [0.5, 0.6) is 5.75 Å². The Kier molecular flexibility index (Phi) is 6.06. The highest BCUT2D eigenvalue weighted by Crippen LogP contribution is 2.43. The minimum absolute atomic E-state index is 0.0996. The molecule has 34 heavy (non-hydrogen) atoms. The van der Waals surface area contributed by atoms with E-state index in [0.717, 1.165) is 18.4 Å². The van der Waals surface area contributed by atoms with E-state index in [4.69, 9.17) is 22.7 Å². The van der Waals surface area contributed by atoms with Crippen molar-refractivity contribution in [2.24, 2.45) is 5.73 Å². The first-order valence-corrected chi connectivity index (χ1v) is 11.5. The molecule has 1 fully saturated rings. The van der Waals surface area contributed by atoms with Gasteiger partial charge in [-0.2, -0.15) is 5.26 Å². The summed E-state index contributed by atoms with van der Waals surface area (Å²) in [6, 6.07) is 12.0. The smallest absolute Gasteiger partial charge is 0.283 e. The van der Waals surface area contributed by atoms with Crippen molar-refractivity contribution >= 4 is 11.6 Å². The Morgan fingerprint density at radius 2 is 2.12 bits per heavy atom. The zero-order valence-corrected chi connectivity index (χ0v) is 19.6. The first-order chi connectivity index (χ1) is 17.1. The van der Waals surface area contributed by atoms with Crippen LogP contribution in [0.3, 0.4) is 0 Å².